The van der Waals surface area contributed by atoms with E-state index in [1.807, 2.05) is 54.6 Å². The summed E-state index contributed by atoms with van der Waals surface area (Å²) in [6.07, 6.45) is 1.73. The highest BCUT2D eigenvalue weighted by molar-refractivity contribution is 5.79. The molecule has 90 valence electrons. The quantitative estimate of drug-likeness (QED) is 0.568. The first-order chi connectivity index (χ1) is 8.92. The van der Waals surface area contributed by atoms with Crippen LogP contribution in [0.4, 0.5) is 11.4 Å². The molecule has 0 aliphatic carbocycles. The normalized spacial score (nSPS) is 14.0. The zero-order chi connectivity index (χ0) is 12.2. The van der Waals surface area contributed by atoms with Crippen LogP contribution in [0.2, 0.25) is 0 Å². The lowest BCUT2D eigenvalue weighted by atomic mass is 10.2. The topological polar surface area (TPSA) is 48.5 Å². The first-order valence-corrected chi connectivity index (χ1v) is 5.87. The van der Waals surface area contributed by atoms with Gasteiger partial charge in [-0.3, -0.25) is 5.43 Å². The number of nitrogens with one attached hydrogen (secondary N) is 3. The van der Waals surface area contributed by atoms with Crippen molar-refractivity contribution in [3.05, 3.63) is 60.2 Å². The number of hydrogen-bond donors (Lipinski definition) is 3. The van der Waals surface area contributed by atoms with Crippen molar-refractivity contribution in [2.75, 3.05) is 10.6 Å². The molecule has 4 heteroatoms. The van der Waals surface area contributed by atoms with Crippen molar-refractivity contribution in [2.45, 2.75) is 6.29 Å². The SMILES string of the molecule is C(=N\NC1Nc2ccccc2N1)/c1ccccc1. The van der Waals surface area contributed by atoms with Crippen LogP contribution < -0.4 is 16.1 Å². The fourth-order valence-electron chi connectivity index (χ4n) is 1.87. The van der Waals surface area contributed by atoms with Crippen molar-refractivity contribution in [1.29, 1.82) is 0 Å². The lowest BCUT2D eigenvalue weighted by Gasteiger charge is -2.10. The molecule has 1 aliphatic rings. The van der Waals surface area contributed by atoms with Crippen molar-refractivity contribution < 1.29 is 0 Å². The van der Waals surface area contributed by atoms with E-state index in [0.29, 0.717) is 0 Å². The van der Waals surface area contributed by atoms with E-state index < -0.39 is 0 Å². The number of hydrogen-bond acceptors (Lipinski definition) is 4. The van der Waals surface area contributed by atoms with Gasteiger partial charge in [-0.15, -0.1) is 0 Å². The van der Waals surface area contributed by atoms with E-state index >= 15 is 0 Å². The van der Waals surface area contributed by atoms with Gasteiger partial charge in [0.05, 0.1) is 17.6 Å². The third-order valence-electron chi connectivity index (χ3n) is 2.74. The minimum absolute atomic E-state index is 0.0673. The Hall–Kier alpha value is -2.49. The Balaban J connectivity index is 1.59. The highest BCUT2D eigenvalue weighted by atomic mass is 15.5. The van der Waals surface area contributed by atoms with Crippen molar-refractivity contribution in [3.63, 3.8) is 0 Å². The molecule has 0 bridgehead atoms. The number of anilines is 2. The maximum atomic E-state index is 4.21. The van der Waals surface area contributed by atoms with Crippen LogP contribution in [0.15, 0.2) is 59.7 Å². The third-order valence-corrected chi connectivity index (χ3v) is 2.74. The molecule has 4 nitrogen and oxygen atoms in total. The molecule has 0 saturated carbocycles. The smallest absolute Gasteiger partial charge is 0.188 e. The van der Waals surface area contributed by atoms with E-state index in [9.17, 15) is 0 Å². The second kappa shape index (κ2) is 4.79. The zero-order valence-corrected chi connectivity index (χ0v) is 9.80. The number of fused-ring (bicyclic) bond motifs is 1. The van der Waals surface area contributed by atoms with Gasteiger partial charge >= 0.3 is 0 Å². The minimum Gasteiger partial charge on any atom is -0.346 e. The Bertz CT molecular complexity index is 526. The van der Waals surface area contributed by atoms with E-state index in [2.05, 4.69) is 21.2 Å². The van der Waals surface area contributed by atoms with Gasteiger partial charge in [-0.2, -0.15) is 5.10 Å². The van der Waals surface area contributed by atoms with Crippen LogP contribution in [0.25, 0.3) is 0 Å². The Kier molecular flexibility index (Phi) is 2.84. The number of nitrogens with zero attached hydrogens (tertiary/aromatic N) is 1. The summed E-state index contributed by atoms with van der Waals surface area (Å²) >= 11 is 0. The lowest BCUT2D eigenvalue weighted by Crippen LogP contribution is -2.35. The van der Waals surface area contributed by atoms with Crippen LogP contribution in [0.1, 0.15) is 5.56 Å². The molecule has 0 aromatic heterocycles. The maximum Gasteiger partial charge on any atom is 0.188 e. The second-order valence-electron chi connectivity index (χ2n) is 4.07. The zero-order valence-electron chi connectivity index (χ0n) is 9.80. The summed E-state index contributed by atoms with van der Waals surface area (Å²) in [5.74, 6) is 0. The van der Waals surface area contributed by atoms with Crippen LogP contribution in [0.3, 0.4) is 0 Å². The Morgan fingerprint density at radius 1 is 0.889 bits per heavy atom. The van der Waals surface area contributed by atoms with Crippen LogP contribution in [-0.4, -0.2) is 12.5 Å². The number of hydrazone groups is 1. The molecule has 0 radical (unpaired) electrons. The van der Waals surface area contributed by atoms with Crippen molar-refractivity contribution in [2.24, 2.45) is 5.10 Å². The summed E-state index contributed by atoms with van der Waals surface area (Å²) in [6, 6.07) is 18.1. The average molecular weight is 238 g/mol. The summed E-state index contributed by atoms with van der Waals surface area (Å²) in [7, 11) is 0. The fourth-order valence-corrected chi connectivity index (χ4v) is 1.87. The summed E-state index contributed by atoms with van der Waals surface area (Å²) < 4.78 is 0. The highest BCUT2D eigenvalue weighted by Gasteiger charge is 2.16. The molecule has 1 heterocycles. The van der Waals surface area contributed by atoms with Gasteiger partial charge in [-0.25, -0.2) is 0 Å². The van der Waals surface area contributed by atoms with E-state index in [4.69, 9.17) is 0 Å². The Morgan fingerprint density at radius 2 is 1.50 bits per heavy atom. The highest BCUT2D eigenvalue weighted by Crippen LogP contribution is 2.26. The van der Waals surface area contributed by atoms with Crippen LogP contribution in [0, 0.1) is 0 Å². The molecule has 0 spiro atoms. The standard InChI is InChI=1S/C14H14N4/c1-2-6-11(7-3-1)10-15-18-14-16-12-8-4-5-9-13(12)17-14/h1-10,14,16-18H/b15-10+. The first kappa shape index (κ1) is 10.7. The molecule has 0 amide bonds. The van der Waals surface area contributed by atoms with Crippen molar-refractivity contribution in [3.8, 4) is 0 Å². The van der Waals surface area contributed by atoms with Gasteiger partial charge in [0, 0.05) is 0 Å². The van der Waals surface area contributed by atoms with Gasteiger partial charge in [-0.05, 0) is 17.7 Å². The maximum absolute atomic E-state index is 4.21. The molecule has 3 rings (SSSR count). The predicted octanol–water partition coefficient (Wildman–Crippen LogP) is 2.43. The van der Waals surface area contributed by atoms with Crippen LogP contribution in [0.5, 0.6) is 0 Å². The van der Waals surface area contributed by atoms with Gasteiger partial charge in [-0.1, -0.05) is 42.5 Å². The summed E-state index contributed by atoms with van der Waals surface area (Å²) in [6.45, 7) is 0. The molecule has 2 aromatic carbocycles. The number of para-hydroxylation sites is 2. The third kappa shape index (κ3) is 2.27. The number of benzene rings is 2. The molecule has 0 unspecified atom stereocenters. The minimum atomic E-state index is -0.0673. The van der Waals surface area contributed by atoms with E-state index in [-0.39, 0.29) is 6.29 Å². The summed E-state index contributed by atoms with van der Waals surface area (Å²) in [4.78, 5) is 0. The van der Waals surface area contributed by atoms with E-state index in [1.54, 1.807) is 6.21 Å². The fraction of sp³-hybridized carbons (Fsp3) is 0.0714. The lowest BCUT2D eigenvalue weighted by molar-refractivity contribution is 0.663. The predicted molar refractivity (Wildman–Crippen MR) is 74.6 cm³/mol. The van der Waals surface area contributed by atoms with Crippen molar-refractivity contribution >= 4 is 17.6 Å². The first-order valence-electron chi connectivity index (χ1n) is 5.87. The molecule has 1 aliphatic heterocycles. The summed E-state index contributed by atoms with van der Waals surface area (Å²) in [5.41, 5.74) is 6.27. The van der Waals surface area contributed by atoms with Gasteiger partial charge < -0.3 is 10.6 Å². The molecule has 18 heavy (non-hydrogen) atoms. The molecular weight excluding hydrogens is 224 g/mol. The Morgan fingerprint density at radius 3 is 2.17 bits per heavy atom. The number of rotatable bonds is 3. The molecular formula is C14H14N4. The van der Waals surface area contributed by atoms with Crippen LogP contribution in [-0.2, 0) is 0 Å². The second-order valence-corrected chi connectivity index (χ2v) is 4.07. The molecule has 0 saturated heterocycles. The largest absolute Gasteiger partial charge is 0.346 e. The van der Waals surface area contributed by atoms with Gasteiger partial charge in [0.15, 0.2) is 6.29 Å². The van der Waals surface area contributed by atoms with E-state index in [0.717, 1.165) is 16.9 Å². The van der Waals surface area contributed by atoms with Gasteiger partial charge in [0.25, 0.3) is 0 Å². The average Bonchev–Trinajstić information content (AvgIpc) is 2.82. The van der Waals surface area contributed by atoms with Gasteiger partial charge in [0.1, 0.15) is 0 Å². The summed E-state index contributed by atoms with van der Waals surface area (Å²) in [5, 5.41) is 10.8. The molecule has 2 aromatic rings. The van der Waals surface area contributed by atoms with E-state index in [1.165, 1.54) is 0 Å². The van der Waals surface area contributed by atoms with Crippen molar-refractivity contribution in [1.82, 2.24) is 5.43 Å². The molecule has 3 N–H and O–H groups in total. The molecule has 0 atom stereocenters. The van der Waals surface area contributed by atoms with Gasteiger partial charge in [0.2, 0.25) is 0 Å². The molecule has 0 fully saturated rings. The Labute approximate surface area is 106 Å². The van der Waals surface area contributed by atoms with Crippen LogP contribution >= 0.6 is 0 Å². The monoisotopic (exact) mass is 238 g/mol.